The van der Waals surface area contributed by atoms with Gasteiger partial charge in [0.2, 0.25) is 0 Å². The number of amides is 1. The molecule has 1 rings (SSSR count). The van der Waals surface area contributed by atoms with Gasteiger partial charge in [-0.3, -0.25) is 4.79 Å². The molecule has 0 spiro atoms. The maximum absolute atomic E-state index is 11.9. The number of hydrogen-bond donors (Lipinski definition) is 2. The van der Waals surface area contributed by atoms with Gasteiger partial charge in [0, 0.05) is 0 Å². The van der Waals surface area contributed by atoms with Gasteiger partial charge in [-0.15, -0.1) is 6.58 Å². The van der Waals surface area contributed by atoms with E-state index in [1.165, 1.54) is 13.2 Å². The summed E-state index contributed by atoms with van der Waals surface area (Å²) in [4.78, 5) is 22.8. The Hall–Kier alpha value is -2.30. The summed E-state index contributed by atoms with van der Waals surface area (Å²) >= 11 is 0. The van der Waals surface area contributed by atoms with E-state index in [4.69, 9.17) is 9.84 Å². The Morgan fingerprint density at radius 2 is 2.17 bits per heavy atom. The maximum atomic E-state index is 11.9. The van der Waals surface area contributed by atoms with Crippen LogP contribution >= 0.6 is 0 Å². The number of benzene rings is 1. The van der Waals surface area contributed by atoms with Crippen LogP contribution in [0.3, 0.4) is 0 Å². The van der Waals surface area contributed by atoms with Crippen molar-refractivity contribution >= 4 is 11.9 Å². The number of para-hydroxylation sites is 1. The lowest BCUT2D eigenvalue weighted by molar-refractivity contribution is -0.139. The van der Waals surface area contributed by atoms with Crippen LogP contribution in [0, 0.1) is 0 Å². The second kappa shape index (κ2) is 6.44. The summed E-state index contributed by atoms with van der Waals surface area (Å²) in [6.07, 6.45) is 1.61. The molecule has 0 aliphatic rings. The van der Waals surface area contributed by atoms with Crippen LogP contribution in [0.4, 0.5) is 0 Å². The van der Waals surface area contributed by atoms with Gasteiger partial charge in [0.15, 0.2) is 0 Å². The lowest BCUT2D eigenvalue weighted by atomic mass is 10.1. The molecule has 0 bridgehead atoms. The monoisotopic (exact) mass is 249 g/mol. The third-order valence-corrected chi connectivity index (χ3v) is 2.36. The van der Waals surface area contributed by atoms with Crippen LogP contribution in [-0.2, 0) is 4.79 Å². The van der Waals surface area contributed by atoms with E-state index in [0.717, 1.165) is 0 Å². The zero-order chi connectivity index (χ0) is 13.5. The molecule has 2 N–H and O–H groups in total. The molecule has 0 heterocycles. The predicted octanol–water partition coefficient (Wildman–Crippen LogP) is 1.45. The van der Waals surface area contributed by atoms with Crippen molar-refractivity contribution in [2.24, 2.45) is 0 Å². The second-order valence-corrected chi connectivity index (χ2v) is 3.59. The van der Waals surface area contributed by atoms with E-state index in [2.05, 4.69) is 11.9 Å². The average molecular weight is 249 g/mol. The number of carbonyl (C=O) groups excluding carboxylic acids is 1. The second-order valence-electron chi connectivity index (χ2n) is 3.59. The SMILES string of the molecule is C=CCC(NC(=O)c1ccccc1OC)C(=O)O. The van der Waals surface area contributed by atoms with Gasteiger partial charge in [-0.1, -0.05) is 18.2 Å². The van der Waals surface area contributed by atoms with Crippen molar-refractivity contribution in [1.29, 1.82) is 0 Å². The number of carbonyl (C=O) groups is 2. The third-order valence-electron chi connectivity index (χ3n) is 2.36. The lowest BCUT2D eigenvalue weighted by Crippen LogP contribution is -2.40. The molecule has 5 heteroatoms. The number of carboxylic acid groups (broad SMARTS) is 1. The van der Waals surface area contributed by atoms with Crippen LogP contribution in [-0.4, -0.2) is 30.1 Å². The summed E-state index contributed by atoms with van der Waals surface area (Å²) in [5.74, 6) is -1.18. The van der Waals surface area contributed by atoms with Gasteiger partial charge in [0.1, 0.15) is 11.8 Å². The van der Waals surface area contributed by atoms with Crippen LogP contribution in [0.5, 0.6) is 5.75 Å². The number of methoxy groups -OCH3 is 1. The topological polar surface area (TPSA) is 75.6 Å². The van der Waals surface area contributed by atoms with Crippen molar-refractivity contribution in [1.82, 2.24) is 5.32 Å². The van der Waals surface area contributed by atoms with Crippen molar-refractivity contribution in [3.05, 3.63) is 42.5 Å². The quantitative estimate of drug-likeness (QED) is 0.748. The molecule has 18 heavy (non-hydrogen) atoms. The van der Waals surface area contributed by atoms with Crippen molar-refractivity contribution in [3.63, 3.8) is 0 Å². The molecule has 96 valence electrons. The summed E-state index contributed by atoms with van der Waals surface area (Å²) < 4.78 is 5.04. The minimum absolute atomic E-state index is 0.163. The Morgan fingerprint density at radius 3 is 2.72 bits per heavy atom. The number of nitrogens with one attached hydrogen (secondary N) is 1. The zero-order valence-electron chi connectivity index (χ0n) is 10.1. The van der Waals surface area contributed by atoms with E-state index in [1.54, 1.807) is 24.3 Å². The largest absolute Gasteiger partial charge is 0.496 e. The molecule has 0 saturated carbocycles. The van der Waals surface area contributed by atoms with Crippen LogP contribution < -0.4 is 10.1 Å². The molecule has 0 saturated heterocycles. The summed E-state index contributed by atoms with van der Waals surface area (Å²) in [7, 11) is 1.45. The molecule has 0 aliphatic carbocycles. The Balaban J connectivity index is 2.86. The minimum atomic E-state index is -1.10. The van der Waals surface area contributed by atoms with Gasteiger partial charge < -0.3 is 15.2 Å². The van der Waals surface area contributed by atoms with E-state index < -0.39 is 17.9 Å². The van der Waals surface area contributed by atoms with Gasteiger partial charge in [-0.2, -0.15) is 0 Å². The Morgan fingerprint density at radius 1 is 1.50 bits per heavy atom. The van der Waals surface area contributed by atoms with Gasteiger partial charge in [0.25, 0.3) is 5.91 Å². The molecule has 0 fully saturated rings. The molecule has 5 nitrogen and oxygen atoms in total. The van der Waals surface area contributed by atoms with Crippen molar-refractivity contribution < 1.29 is 19.4 Å². The molecule has 1 aromatic rings. The van der Waals surface area contributed by atoms with Crippen molar-refractivity contribution in [3.8, 4) is 5.75 Å². The average Bonchev–Trinajstić information content (AvgIpc) is 2.37. The summed E-state index contributed by atoms with van der Waals surface area (Å²) in [5, 5.41) is 11.4. The zero-order valence-corrected chi connectivity index (χ0v) is 10.1. The highest BCUT2D eigenvalue weighted by Gasteiger charge is 2.20. The highest BCUT2D eigenvalue weighted by atomic mass is 16.5. The number of rotatable bonds is 6. The van der Waals surface area contributed by atoms with E-state index in [0.29, 0.717) is 11.3 Å². The predicted molar refractivity (Wildman–Crippen MR) is 66.7 cm³/mol. The fraction of sp³-hybridized carbons (Fsp3) is 0.231. The first-order valence-electron chi connectivity index (χ1n) is 5.37. The van der Waals surface area contributed by atoms with Crippen LogP contribution in [0.15, 0.2) is 36.9 Å². The highest BCUT2D eigenvalue weighted by molar-refractivity contribution is 5.98. The summed E-state index contributed by atoms with van der Waals surface area (Å²) in [6.45, 7) is 3.46. The first-order chi connectivity index (χ1) is 8.60. The Kier molecular flexibility index (Phi) is 4.92. The summed E-state index contributed by atoms with van der Waals surface area (Å²) in [5.41, 5.74) is 0.301. The van der Waals surface area contributed by atoms with Gasteiger partial charge in [-0.25, -0.2) is 4.79 Å². The standard InChI is InChI=1S/C13H15NO4/c1-3-6-10(13(16)17)14-12(15)9-7-4-5-8-11(9)18-2/h3-5,7-8,10H,1,6H2,2H3,(H,14,15)(H,16,17). The number of carboxylic acids is 1. The maximum Gasteiger partial charge on any atom is 0.326 e. The van der Waals surface area contributed by atoms with Crippen LogP contribution in [0.1, 0.15) is 16.8 Å². The highest BCUT2D eigenvalue weighted by Crippen LogP contribution is 2.17. The van der Waals surface area contributed by atoms with Crippen LogP contribution in [0.25, 0.3) is 0 Å². The first kappa shape index (κ1) is 13.8. The fourth-order valence-electron chi connectivity index (χ4n) is 1.46. The van der Waals surface area contributed by atoms with Gasteiger partial charge in [-0.05, 0) is 18.6 Å². The van der Waals surface area contributed by atoms with Gasteiger partial charge >= 0.3 is 5.97 Å². The Bertz CT molecular complexity index is 456. The fourth-order valence-corrected chi connectivity index (χ4v) is 1.46. The third kappa shape index (κ3) is 3.35. The molecule has 0 aromatic heterocycles. The Labute approximate surface area is 105 Å². The van der Waals surface area contributed by atoms with Crippen molar-refractivity contribution in [2.75, 3.05) is 7.11 Å². The van der Waals surface area contributed by atoms with Crippen LogP contribution in [0.2, 0.25) is 0 Å². The lowest BCUT2D eigenvalue weighted by Gasteiger charge is -2.14. The van der Waals surface area contributed by atoms with E-state index in [1.807, 2.05) is 0 Å². The molecular formula is C13H15NO4. The first-order valence-corrected chi connectivity index (χ1v) is 5.37. The minimum Gasteiger partial charge on any atom is -0.496 e. The molecule has 0 aliphatic heterocycles. The van der Waals surface area contributed by atoms with E-state index >= 15 is 0 Å². The molecule has 0 radical (unpaired) electrons. The smallest absolute Gasteiger partial charge is 0.326 e. The molecule has 1 amide bonds. The normalized spacial score (nSPS) is 11.4. The summed E-state index contributed by atoms with van der Waals surface area (Å²) in [6, 6.07) is 5.63. The molecule has 1 aromatic carbocycles. The molecule has 1 unspecified atom stereocenters. The number of aliphatic carboxylic acids is 1. The van der Waals surface area contributed by atoms with Gasteiger partial charge in [0.05, 0.1) is 12.7 Å². The van der Waals surface area contributed by atoms with Crippen molar-refractivity contribution in [2.45, 2.75) is 12.5 Å². The molecule has 1 atom stereocenters. The van der Waals surface area contributed by atoms with E-state index in [9.17, 15) is 9.59 Å². The van der Waals surface area contributed by atoms with E-state index in [-0.39, 0.29) is 6.42 Å². The number of ether oxygens (including phenoxy) is 1. The number of hydrogen-bond acceptors (Lipinski definition) is 3. The molecular weight excluding hydrogens is 234 g/mol.